The molecular weight excluding hydrogens is 340 g/mol. The topological polar surface area (TPSA) is 80.9 Å². The molecule has 0 aliphatic heterocycles. The smallest absolute Gasteiger partial charge is 0.337 e. The molecule has 2 aromatic rings. The van der Waals surface area contributed by atoms with Gasteiger partial charge in [-0.15, -0.1) is 0 Å². The van der Waals surface area contributed by atoms with Crippen molar-refractivity contribution < 1.29 is 18.7 Å². The molecular formula is C14H11BrN2O4. The Kier molecular flexibility index (Phi) is 4.89. The van der Waals surface area contributed by atoms with E-state index >= 15 is 0 Å². The van der Waals surface area contributed by atoms with E-state index in [1.807, 2.05) is 0 Å². The lowest BCUT2D eigenvalue weighted by Crippen LogP contribution is -2.16. The first kappa shape index (κ1) is 15.0. The predicted molar refractivity (Wildman–Crippen MR) is 79.2 cm³/mol. The average molecular weight is 351 g/mol. The van der Waals surface area contributed by atoms with E-state index in [4.69, 9.17) is 4.42 Å². The molecule has 0 saturated carbocycles. The zero-order chi connectivity index (χ0) is 15.2. The minimum absolute atomic E-state index is 0.153. The lowest BCUT2D eigenvalue weighted by atomic mass is 10.1. The van der Waals surface area contributed by atoms with Crippen molar-refractivity contribution in [3.05, 3.63) is 58.0 Å². The van der Waals surface area contributed by atoms with Crippen LogP contribution < -0.4 is 5.43 Å². The second-order valence-electron chi connectivity index (χ2n) is 3.92. The normalized spacial score (nSPS) is 10.6. The fourth-order valence-corrected chi connectivity index (χ4v) is 1.79. The first-order valence-electron chi connectivity index (χ1n) is 5.87. The van der Waals surface area contributed by atoms with E-state index in [-0.39, 0.29) is 5.76 Å². The molecule has 1 heterocycles. The van der Waals surface area contributed by atoms with Crippen molar-refractivity contribution >= 4 is 34.0 Å². The first-order chi connectivity index (χ1) is 10.1. The van der Waals surface area contributed by atoms with Gasteiger partial charge in [0.2, 0.25) is 0 Å². The summed E-state index contributed by atoms with van der Waals surface area (Å²) in [7, 11) is 1.32. The summed E-state index contributed by atoms with van der Waals surface area (Å²) in [5, 5.41) is 3.81. The van der Waals surface area contributed by atoms with Crippen LogP contribution in [0.25, 0.3) is 0 Å². The van der Waals surface area contributed by atoms with Gasteiger partial charge in [0.1, 0.15) is 0 Å². The second kappa shape index (κ2) is 6.85. The van der Waals surface area contributed by atoms with Gasteiger partial charge in [-0.1, -0.05) is 12.1 Å². The Labute approximate surface area is 128 Å². The molecule has 0 saturated heterocycles. The zero-order valence-electron chi connectivity index (χ0n) is 11.0. The third kappa shape index (κ3) is 4.03. The summed E-state index contributed by atoms with van der Waals surface area (Å²) in [6.45, 7) is 0. The van der Waals surface area contributed by atoms with E-state index in [1.165, 1.54) is 19.4 Å². The lowest BCUT2D eigenvalue weighted by Gasteiger charge is -1.99. The molecule has 2 rings (SSSR count). The van der Waals surface area contributed by atoms with Crippen molar-refractivity contribution in [3.63, 3.8) is 0 Å². The Hall–Kier alpha value is -2.41. The van der Waals surface area contributed by atoms with Gasteiger partial charge in [-0.25, -0.2) is 10.2 Å². The van der Waals surface area contributed by atoms with Gasteiger partial charge >= 0.3 is 11.9 Å². The van der Waals surface area contributed by atoms with E-state index in [2.05, 4.69) is 31.2 Å². The van der Waals surface area contributed by atoms with Crippen molar-refractivity contribution in [3.8, 4) is 0 Å². The monoisotopic (exact) mass is 350 g/mol. The highest BCUT2D eigenvalue weighted by Crippen LogP contribution is 2.13. The molecule has 1 amide bonds. The molecule has 7 heteroatoms. The van der Waals surface area contributed by atoms with Gasteiger partial charge in [0.05, 0.1) is 18.9 Å². The highest BCUT2D eigenvalue weighted by molar-refractivity contribution is 9.10. The number of methoxy groups -OCH3 is 1. The van der Waals surface area contributed by atoms with Gasteiger partial charge in [0.15, 0.2) is 10.4 Å². The number of nitrogens with one attached hydrogen (secondary N) is 1. The Balaban J connectivity index is 1.95. The van der Waals surface area contributed by atoms with Gasteiger partial charge in [-0.05, 0) is 45.8 Å². The van der Waals surface area contributed by atoms with Gasteiger partial charge in [0.25, 0.3) is 0 Å². The third-order valence-corrected chi connectivity index (χ3v) is 2.93. The summed E-state index contributed by atoms with van der Waals surface area (Å²) in [6, 6.07) is 9.73. The molecule has 0 spiro atoms. The Morgan fingerprint density at radius 1 is 1.24 bits per heavy atom. The van der Waals surface area contributed by atoms with E-state index in [1.54, 1.807) is 30.3 Å². The van der Waals surface area contributed by atoms with Gasteiger partial charge in [-0.2, -0.15) is 5.10 Å². The number of furan rings is 1. The van der Waals surface area contributed by atoms with E-state index < -0.39 is 11.9 Å². The maximum absolute atomic E-state index is 11.6. The van der Waals surface area contributed by atoms with Crippen LogP contribution >= 0.6 is 15.9 Å². The number of halogens is 1. The molecule has 6 nitrogen and oxygen atoms in total. The number of hydrogen-bond donors (Lipinski definition) is 1. The average Bonchev–Trinajstić information content (AvgIpc) is 2.94. The molecule has 0 atom stereocenters. The molecule has 21 heavy (non-hydrogen) atoms. The lowest BCUT2D eigenvalue weighted by molar-refractivity contribution is 0.0600. The minimum Gasteiger partial charge on any atom is -0.465 e. The molecule has 0 aliphatic carbocycles. The van der Waals surface area contributed by atoms with Crippen LogP contribution in [0.2, 0.25) is 0 Å². The molecule has 1 aromatic heterocycles. The summed E-state index contributed by atoms with van der Waals surface area (Å²) in [4.78, 5) is 22.9. The largest absolute Gasteiger partial charge is 0.465 e. The molecule has 1 aromatic carbocycles. The number of hydrogen-bond acceptors (Lipinski definition) is 5. The number of esters is 1. The first-order valence-corrected chi connectivity index (χ1v) is 6.66. The second-order valence-corrected chi connectivity index (χ2v) is 4.70. The molecule has 1 N–H and O–H groups in total. The van der Waals surface area contributed by atoms with E-state index in [9.17, 15) is 9.59 Å². The number of ether oxygens (including phenoxy) is 1. The predicted octanol–water partition coefficient (Wildman–Crippen LogP) is 2.59. The summed E-state index contributed by atoms with van der Waals surface area (Å²) in [6.07, 6.45) is 1.46. The van der Waals surface area contributed by atoms with Crippen molar-refractivity contribution in [1.82, 2.24) is 5.43 Å². The van der Waals surface area contributed by atoms with Crippen LogP contribution in [0, 0.1) is 0 Å². The Morgan fingerprint density at radius 3 is 2.52 bits per heavy atom. The van der Waals surface area contributed by atoms with Crippen LogP contribution in [0.5, 0.6) is 0 Å². The quantitative estimate of drug-likeness (QED) is 0.522. The molecule has 0 unspecified atom stereocenters. The maximum atomic E-state index is 11.6. The van der Waals surface area contributed by atoms with Crippen LogP contribution in [0.15, 0.2) is 50.6 Å². The summed E-state index contributed by atoms with van der Waals surface area (Å²) >= 11 is 3.11. The van der Waals surface area contributed by atoms with E-state index in [0.717, 1.165) is 5.56 Å². The molecule has 0 bridgehead atoms. The van der Waals surface area contributed by atoms with Crippen molar-refractivity contribution in [1.29, 1.82) is 0 Å². The number of carbonyl (C=O) groups excluding carboxylic acids is 2. The minimum atomic E-state index is -0.455. The maximum Gasteiger partial charge on any atom is 0.337 e. The fourth-order valence-electron chi connectivity index (χ4n) is 1.48. The Morgan fingerprint density at radius 2 is 1.95 bits per heavy atom. The zero-order valence-corrected chi connectivity index (χ0v) is 12.6. The fraction of sp³-hybridized carbons (Fsp3) is 0.0714. The highest BCUT2D eigenvalue weighted by Gasteiger charge is 2.08. The molecule has 0 aliphatic rings. The van der Waals surface area contributed by atoms with Crippen molar-refractivity contribution in [2.45, 2.75) is 0 Å². The standard InChI is InChI=1S/C14H11BrN2O4/c1-20-14(19)10-4-2-9(3-5-10)8-16-17-13(18)11-6-7-12(15)21-11/h2-8H,1H3,(H,17,18)/b16-8+. The van der Waals surface area contributed by atoms with Crippen LogP contribution in [-0.2, 0) is 4.74 Å². The molecule has 0 radical (unpaired) electrons. The summed E-state index contributed by atoms with van der Waals surface area (Å²) in [5.41, 5.74) is 3.50. The van der Waals surface area contributed by atoms with Crippen molar-refractivity contribution in [2.24, 2.45) is 5.10 Å². The number of rotatable bonds is 4. The van der Waals surface area contributed by atoms with Crippen LogP contribution in [0.1, 0.15) is 26.5 Å². The number of nitrogens with zero attached hydrogens (tertiary/aromatic N) is 1. The molecule has 0 fully saturated rings. The van der Waals surface area contributed by atoms with Crippen molar-refractivity contribution in [2.75, 3.05) is 7.11 Å². The SMILES string of the molecule is COC(=O)c1ccc(/C=N/NC(=O)c2ccc(Br)o2)cc1. The number of carbonyl (C=O) groups is 2. The number of benzene rings is 1. The van der Waals surface area contributed by atoms with Crippen LogP contribution in [0.3, 0.4) is 0 Å². The summed E-state index contributed by atoms with van der Waals surface area (Å²) < 4.78 is 10.1. The number of amides is 1. The van der Waals surface area contributed by atoms with Gasteiger partial charge in [0, 0.05) is 0 Å². The van der Waals surface area contributed by atoms with Gasteiger partial charge < -0.3 is 9.15 Å². The van der Waals surface area contributed by atoms with Crippen LogP contribution in [-0.4, -0.2) is 25.2 Å². The van der Waals surface area contributed by atoms with Crippen LogP contribution in [0.4, 0.5) is 0 Å². The van der Waals surface area contributed by atoms with Gasteiger partial charge in [-0.3, -0.25) is 4.79 Å². The highest BCUT2D eigenvalue weighted by atomic mass is 79.9. The third-order valence-electron chi connectivity index (χ3n) is 2.51. The number of hydrazone groups is 1. The van der Waals surface area contributed by atoms with E-state index in [0.29, 0.717) is 10.2 Å². The molecule has 108 valence electrons. The Bertz CT molecular complexity index is 677. The summed E-state index contributed by atoms with van der Waals surface area (Å²) in [5.74, 6) is -0.710.